The summed E-state index contributed by atoms with van der Waals surface area (Å²) >= 11 is 0. The largest absolute Gasteiger partial charge is 0.389 e. The van der Waals surface area contributed by atoms with E-state index in [0.717, 1.165) is 6.42 Å². The van der Waals surface area contributed by atoms with Gasteiger partial charge in [-0.2, -0.15) is 0 Å². The van der Waals surface area contributed by atoms with Crippen LogP contribution in [-0.2, 0) is 14.3 Å². The zero-order valence-corrected chi connectivity index (χ0v) is 4.01. The summed E-state index contributed by atoms with van der Waals surface area (Å²) in [5, 5.41) is 0. The van der Waals surface area contributed by atoms with E-state index in [0.29, 0.717) is 0 Å². The second kappa shape index (κ2) is 1.43. The summed E-state index contributed by atoms with van der Waals surface area (Å²) in [7, 11) is 0. The molecule has 0 aromatic carbocycles. The Kier molecular flexibility index (Phi) is 0.901. The summed E-state index contributed by atoms with van der Waals surface area (Å²) < 4.78 is 4.04. The van der Waals surface area contributed by atoms with Gasteiger partial charge in [0.1, 0.15) is 6.42 Å². The molecule has 0 N–H and O–H groups in total. The van der Waals surface area contributed by atoms with Crippen molar-refractivity contribution in [3.05, 3.63) is 18.6 Å². The summed E-state index contributed by atoms with van der Waals surface area (Å²) in [6.07, 6.45) is 1.06. The van der Waals surface area contributed by atoms with Crippen LogP contribution < -0.4 is 0 Å². The van der Waals surface area contributed by atoms with Crippen LogP contribution in [-0.4, -0.2) is 11.9 Å². The highest BCUT2D eigenvalue weighted by molar-refractivity contribution is 6.11. The quantitative estimate of drug-likeness (QED) is 0.247. The Morgan fingerprint density at radius 3 is 2.25 bits per heavy atom. The van der Waals surface area contributed by atoms with E-state index in [1.165, 1.54) is 0 Å². The van der Waals surface area contributed by atoms with E-state index in [1.807, 2.05) is 0 Å². The fraction of sp³-hybridized carbons (Fsp3) is 0. The smallest absolute Gasteiger partial charge is 0.341 e. The van der Waals surface area contributed by atoms with Gasteiger partial charge in [-0.15, -0.1) is 0 Å². The van der Waals surface area contributed by atoms with Crippen molar-refractivity contribution in [1.82, 2.24) is 0 Å². The highest BCUT2D eigenvalue weighted by atomic mass is 16.6. The second-order valence-electron chi connectivity index (χ2n) is 1.38. The summed E-state index contributed by atoms with van der Waals surface area (Å²) in [6.45, 7) is 3.23. The predicted octanol–water partition coefficient (Wildman–Crippen LogP) is -0.170. The van der Waals surface area contributed by atoms with Gasteiger partial charge >= 0.3 is 11.9 Å². The van der Waals surface area contributed by atoms with E-state index in [-0.39, 0.29) is 5.57 Å². The number of cyclic esters (lactones) is 2. The van der Waals surface area contributed by atoms with Crippen molar-refractivity contribution in [1.29, 1.82) is 0 Å². The van der Waals surface area contributed by atoms with Crippen LogP contribution >= 0.6 is 0 Å². The van der Waals surface area contributed by atoms with Crippen molar-refractivity contribution in [2.45, 2.75) is 0 Å². The molecule has 0 amide bonds. The fourth-order valence-electron chi connectivity index (χ4n) is 0.388. The van der Waals surface area contributed by atoms with E-state index >= 15 is 0 Å². The van der Waals surface area contributed by atoms with Gasteiger partial charge in [-0.05, 0) is 0 Å². The van der Waals surface area contributed by atoms with E-state index < -0.39 is 11.9 Å². The first-order chi connectivity index (χ1) is 3.70. The molecule has 0 spiro atoms. The number of ether oxygens (including phenoxy) is 1. The SMILES string of the molecule is C=C1[CH]C(=O)OC1=O. The van der Waals surface area contributed by atoms with Crippen LogP contribution in [0.25, 0.3) is 0 Å². The van der Waals surface area contributed by atoms with E-state index in [4.69, 9.17) is 0 Å². The first-order valence-electron chi connectivity index (χ1n) is 2.00. The van der Waals surface area contributed by atoms with Gasteiger partial charge in [0.05, 0.1) is 0 Å². The van der Waals surface area contributed by atoms with Crippen molar-refractivity contribution < 1.29 is 14.3 Å². The molecule has 1 saturated heterocycles. The van der Waals surface area contributed by atoms with Crippen LogP contribution in [0, 0.1) is 6.42 Å². The average Bonchev–Trinajstić information content (AvgIpc) is 1.85. The lowest BCUT2D eigenvalue weighted by Gasteiger charge is -1.80. The van der Waals surface area contributed by atoms with Crippen molar-refractivity contribution >= 4 is 11.9 Å². The topological polar surface area (TPSA) is 43.4 Å². The minimum Gasteiger partial charge on any atom is -0.389 e. The third kappa shape index (κ3) is 0.621. The number of hydrogen-bond acceptors (Lipinski definition) is 3. The molecular weight excluding hydrogens is 108 g/mol. The van der Waals surface area contributed by atoms with Crippen LogP contribution in [0.3, 0.4) is 0 Å². The summed E-state index contributed by atoms with van der Waals surface area (Å²) in [5.41, 5.74) is 0.120. The minimum absolute atomic E-state index is 0.120. The molecule has 1 aliphatic heterocycles. The Bertz CT molecular complexity index is 151. The maximum absolute atomic E-state index is 10.2. The molecule has 1 fully saturated rings. The van der Waals surface area contributed by atoms with Gasteiger partial charge in [-0.1, -0.05) is 6.58 Å². The number of esters is 2. The monoisotopic (exact) mass is 111 g/mol. The molecule has 0 atom stereocenters. The maximum Gasteiger partial charge on any atom is 0.341 e. The van der Waals surface area contributed by atoms with Crippen molar-refractivity contribution in [2.75, 3.05) is 0 Å². The molecule has 1 aliphatic rings. The van der Waals surface area contributed by atoms with Crippen LogP contribution in [0.2, 0.25) is 0 Å². The lowest BCUT2D eigenvalue weighted by atomic mass is 10.3. The molecule has 0 unspecified atom stereocenters. The van der Waals surface area contributed by atoms with E-state index in [9.17, 15) is 9.59 Å². The third-order valence-corrected chi connectivity index (χ3v) is 0.748. The maximum atomic E-state index is 10.2. The van der Waals surface area contributed by atoms with E-state index in [2.05, 4.69) is 11.3 Å². The molecule has 41 valence electrons. The average molecular weight is 111 g/mol. The Morgan fingerprint density at radius 1 is 1.50 bits per heavy atom. The van der Waals surface area contributed by atoms with Crippen molar-refractivity contribution in [3.8, 4) is 0 Å². The zero-order chi connectivity index (χ0) is 6.15. The standard InChI is InChI=1S/C5H3O3/c1-3-2-4(6)8-5(3)7/h2H,1H2. The number of carbonyl (C=O) groups excluding carboxylic acids is 2. The molecule has 3 heteroatoms. The summed E-state index contributed by atoms with van der Waals surface area (Å²) in [4.78, 5) is 20.3. The molecule has 3 nitrogen and oxygen atoms in total. The van der Waals surface area contributed by atoms with Crippen LogP contribution in [0.1, 0.15) is 0 Å². The van der Waals surface area contributed by atoms with E-state index in [1.54, 1.807) is 0 Å². The van der Waals surface area contributed by atoms with Gasteiger partial charge in [0, 0.05) is 5.57 Å². The zero-order valence-electron chi connectivity index (χ0n) is 4.01. The Labute approximate surface area is 45.9 Å². The summed E-state index contributed by atoms with van der Waals surface area (Å²) in [6, 6.07) is 0. The summed E-state index contributed by atoms with van der Waals surface area (Å²) in [5.74, 6) is -1.27. The lowest BCUT2D eigenvalue weighted by Crippen LogP contribution is -1.96. The molecule has 1 rings (SSSR count). The van der Waals surface area contributed by atoms with Gasteiger partial charge in [0.25, 0.3) is 0 Å². The normalized spacial score (nSPS) is 19.2. The third-order valence-electron chi connectivity index (χ3n) is 0.748. The van der Waals surface area contributed by atoms with Gasteiger partial charge in [0.2, 0.25) is 0 Å². The van der Waals surface area contributed by atoms with Gasteiger partial charge in [-0.25, -0.2) is 4.79 Å². The number of rotatable bonds is 0. The Balaban J connectivity index is 2.79. The van der Waals surface area contributed by atoms with Gasteiger partial charge in [-0.3, -0.25) is 4.79 Å². The van der Waals surface area contributed by atoms with Gasteiger partial charge in [0.15, 0.2) is 0 Å². The molecule has 1 radical (unpaired) electrons. The predicted molar refractivity (Wildman–Crippen MR) is 24.5 cm³/mol. The molecule has 0 aromatic heterocycles. The highest BCUT2D eigenvalue weighted by Gasteiger charge is 2.24. The first-order valence-corrected chi connectivity index (χ1v) is 2.00. The lowest BCUT2D eigenvalue weighted by molar-refractivity contribution is -0.149. The fourth-order valence-corrected chi connectivity index (χ4v) is 0.388. The highest BCUT2D eigenvalue weighted by Crippen LogP contribution is 2.09. The van der Waals surface area contributed by atoms with Crippen molar-refractivity contribution in [2.24, 2.45) is 0 Å². The van der Waals surface area contributed by atoms with Crippen LogP contribution in [0.5, 0.6) is 0 Å². The molecule has 0 aliphatic carbocycles. The Hall–Kier alpha value is -1.12. The number of carbonyl (C=O) groups is 2. The van der Waals surface area contributed by atoms with Crippen LogP contribution in [0.4, 0.5) is 0 Å². The Morgan fingerprint density at radius 2 is 2.12 bits per heavy atom. The molecule has 0 aromatic rings. The second-order valence-corrected chi connectivity index (χ2v) is 1.38. The number of hydrogen-bond donors (Lipinski definition) is 0. The molecule has 0 bridgehead atoms. The van der Waals surface area contributed by atoms with Crippen LogP contribution in [0.15, 0.2) is 12.2 Å². The first kappa shape index (κ1) is 5.03. The van der Waals surface area contributed by atoms with Gasteiger partial charge < -0.3 is 4.74 Å². The molecule has 1 heterocycles. The molecular formula is C5H3O3. The molecule has 8 heavy (non-hydrogen) atoms. The molecule has 0 saturated carbocycles. The van der Waals surface area contributed by atoms with Crippen molar-refractivity contribution in [3.63, 3.8) is 0 Å². The minimum atomic E-state index is -0.644.